The smallest absolute Gasteiger partial charge is 0.264 e. The van der Waals surface area contributed by atoms with Crippen molar-refractivity contribution in [1.82, 2.24) is 0 Å². The fourth-order valence-corrected chi connectivity index (χ4v) is 1.77. The maximum absolute atomic E-state index is 12.7. The van der Waals surface area contributed by atoms with Crippen LogP contribution in [0.4, 0.5) is 8.78 Å². The number of hydrogen-bond acceptors (Lipinski definition) is 1. The van der Waals surface area contributed by atoms with E-state index in [4.69, 9.17) is 4.74 Å². The van der Waals surface area contributed by atoms with E-state index in [-0.39, 0.29) is 5.56 Å². The summed E-state index contributed by atoms with van der Waals surface area (Å²) in [5.74, 6) is 0.550. The number of alkyl halides is 3. The number of hydrogen-bond donors (Lipinski definition) is 0. The van der Waals surface area contributed by atoms with E-state index in [1.165, 1.54) is 13.2 Å². The zero-order valence-corrected chi connectivity index (χ0v) is 10.1. The molecule has 0 aliphatic rings. The van der Waals surface area contributed by atoms with Crippen molar-refractivity contribution in [2.75, 3.05) is 12.4 Å². The summed E-state index contributed by atoms with van der Waals surface area (Å²) >= 11 is 3.29. The van der Waals surface area contributed by atoms with E-state index in [9.17, 15) is 8.78 Å². The van der Waals surface area contributed by atoms with Crippen LogP contribution in [0.1, 0.15) is 24.0 Å². The summed E-state index contributed by atoms with van der Waals surface area (Å²) < 4.78 is 30.5. The van der Waals surface area contributed by atoms with Crippen molar-refractivity contribution in [3.05, 3.63) is 29.3 Å². The minimum Gasteiger partial charge on any atom is -0.496 e. The van der Waals surface area contributed by atoms with E-state index in [1.807, 2.05) is 0 Å². The van der Waals surface area contributed by atoms with Gasteiger partial charge in [0.2, 0.25) is 0 Å². The Morgan fingerprint density at radius 3 is 2.67 bits per heavy atom. The Hall–Kier alpha value is -0.640. The number of ether oxygens (including phenoxy) is 1. The van der Waals surface area contributed by atoms with E-state index in [0.29, 0.717) is 17.7 Å². The van der Waals surface area contributed by atoms with Gasteiger partial charge < -0.3 is 4.74 Å². The highest BCUT2D eigenvalue weighted by Crippen LogP contribution is 2.30. The molecular weight excluding hydrogens is 266 g/mol. The molecule has 84 valence electrons. The molecule has 0 heterocycles. The Labute approximate surface area is 96.6 Å². The third kappa shape index (κ3) is 3.16. The molecule has 0 atom stereocenters. The normalized spacial score (nSPS) is 10.7. The molecule has 0 saturated heterocycles. The molecule has 4 heteroatoms. The van der Waals surface area contributed by atoms with Crippen molar-refractivity contribution < 1.29 is 13.5 Å². The molecule has 0 spiro atoms. The second-order valence-electron chi connectivity index (χ2n) is 3.12. The molecule has 1 aromatic rings. The molecule has 0 radical (unpaired) electrons. The molecule has 1 aromatic carbocycles. The van der Waals surface area contributed by atoms with Crippen LogP contribution in [0, 0.1) is 0 Å². The van der Waals surface area contributed by atoms with Gasteiger partial charge in [0.05, 0.1) is 7.11 Å². The molecule has 0 aliphatic carbocycles. The lowest BCUT2D eigenvalue weighted by Gasteiger charge is -2.12. The first-order chi connectivity index (χ1) is 7.20. The van der Waals surface area contributed by atoms with Crippen LogP contribution >= 0.6 is 15.9 Å². The van der Waals surface area contributed by atoms with Crippen LogP contribution in [0.15, 0.2) is 18.2 Å². The highest BCUT2D eigenvalue weighted by atomic mass is 79.9. The first kappa shape index (κ1) is 12.4. The molecule has 1 rings (SSSR count). The van der Waals surface area contributed by atoms with Crippen LogP contribution in [0.2, 0.25) is 0 Å². The summed E-state index contributed by atoms with van der Waals surface area (Å²) in [6.07, 6.45) is -1.01. The fourth-order valence-electron chi connectivity index (χ4n) is 1.49. The minimum absolute atomic E-state index is 0.0790. The Bertz CT molecular complexity index is 315. The number of benzene rings is 1. The van der Waals surface area contributed by atoms with Crippen LogP contribution in [-0.2, 0) is 6.42 Å². The molecule has 0 aliphatic heterocycles. The second-order valence-corrected chi connectivity index (χ2v) is 3.91. The topological polar surface area (TPSA) is 9.23 Å². The molecule has 0 fully saturated rings. The van der Waals surface area contributed by atoms with E-state index in [0.717, 1.165) is 11.8 Å². The molecule has 0 aromatic heterocycles. The van der Waals surface area contributed by atoms with Gasteiger partial charge in [0.1, 0.15) is 5.75 Å². The van der Waals surface area contributed by atoms with Crippen LogP contribution in [0.25, 0.3) is 0 Å². The van der Waals surface area contributed by atoms with Gasteiger partial charge in [0.25, 0.3) is 6.43 Å². The molecular formula is C11H13BrF2O. The molecule has 0 amide bonds. The van der Waals surface area contributed by atoms with Gasteiger partial charge in [-0.05, 0) is 18.9 Å². The number of rotatable bonds is 5. The minimum atomic E-state index is -2.44. The van der Waals surface area contributed by atoms with Gasteiger partial charge in [-0.1, -0.05) is 28.1 Å². The average Bonchev–Trinajstić information content (AvgIpc) is 2.25. The summed E-state index contributed by atoms with van der Waals surface area (Å²) in [6.45, 7) is 0. The maximum Gasteiger partial charge on any atom is 0.264 e. The summed E-state index contributed by atoms with van der Waals surface area (Å²) in [6, 6.07) is 4.77. The van der Waals surface area contributed by atoms with E-state index in [2.05, 4.69) is 15.9 Å². The maximum atomic E-state index is 12.7. The lowest BCUT2D eigenvalue weighted by molar-refractivity contribution is 0.149. The van der Waals surface area contributed by atoms with Crippen molar-refractivity contribution in [1.29, 1.82) is 0 Å². The second kappa shape index (κ2) is 6.05. The van der Waals surface area contributed by atoms with E-state index >= 15 is 0 Å². The summed E-state index contributed by atoms with van der Waals surface area (Å²) in [4.78, 5) is 0. The lowest BCUT2D eigenvalue weighted by atomic mass is 10.0. The molecule has 0 N–H and O–H groups in total. The SMILES string of the molecule is COc1cccc(C(F)F)c1CCCBr. The van der Waals surface area contributed by atoms with Gasteiger partial charge in [-0.25, -0.2) is 8.78 Å². The van der Waals surface area contributed by atoms with Gasteiger partial charge in [-0.3, -0.25) is 0 Å². The van der Waals surface area contributed by atoms with Crippen molar-refractivity contribution in [2.45, 2.75) is 19.3 Å². The van der Waals surface area contributed by atoms with Gasteiger partial charge in [0, 0.05) is 16.5 Å². The van der Waals surface area contributed by atoms with Crippen molar-refractivity contribution in [2.24, 2.45) is 0 Å². The third-order valence-corrected chi connectivity index (χ3v) is 2.75. The molecule has 0 saturated carbocycles. The number of halogens is 3. The number of methoxy groups -OCH3 is 1. The molecule has 1 nitrogen and oxygen atoms in total. The molecule has 15 heavy (non-hydrogen) atoms. The monoisotopic (exact) mass is 278 g/mol. The quantitative estimate of drug-likeness (QED) is 0.741. The predicted molar refractivity (Wildman–Crippen MR) is 60.1 cm³/mol. The van der Waals surface area contributed by atoms with Crippen LogP contribution in [0.3, 0.4) is 0 Å². The average molecular weight is 279 g/mol. The van der Waals surface area contributed by atoms with Crippen LogP contribution < -0.4 is 4.74 Å². The van der Waals surface area contributed by atoms with E-state index in [1.54, 1.807) is 12.1 Å². The Balaban J connectivity index is 3.03. The van der Waals surface area contributed by atoms with Crippen molar-refractivity contribution in [3.63, 3.8) is 0 Å². The fraction of sp³-hybridized carbons (Fsp3) is 0.455. The van der Waals surface area contributed by atoms with Gasteiger partial charge in [-0.15, -0.1) is 0 Å². The molecule has 0 bridgehead atoms. The van der Waals surface area contributed by atoms with Gasteiger partial charge >= 0.3 is 0 Å². The van der Waals surface area contributed by atoms with Crippen molar-refractivity contribution in [3.8, 4) is 5.75 Å². The predicted octanol–water partition coefficient (Wildman–Crippen LogP) is 3.96. The standard InChI is InChI=1S/C11H13BrF2O/c1-15-10-6-2-4-9(11(13)14)8(10)5-3-7-12/h2,4,6,11H,3,5,7H2,1H3. The molecule has 0 unspecified atom stereocenters. The van der Waals surface area contributed by atoms with Crippen LogP contribution in [-0.4, -0.2) is 12.4 Å². The Kier molecular flexibility index (Phi) is 5.02. The lowest BCUT2D eigenvalue weighted by Crippen LogP contribution is -1.99. The summed E-state index contributed by atoms with van der Waals surface area (Å²) in [5.41, 5.74) is 0.699. The zero-order valence-electron chi connectivity index (χ0n) is 8.47. The first-order valence-electron chi connectivity index (χ1n) is 4.70. The first-order valence-corrected chi connectivity index (χ1v) is 5.82. The van der Waals surface area contributed by atoms with Crippen molar-refractivity contribution >= 4 is 15.9 Å². The van der Waals surface area contributed by atoms with E-state index < -0.39 is 6.43 Å². The highest BCUT2D eigenvalue weighted by molar-refractivity contribution is 9.09. The van der Waals surface area contributed by atoms with Gasteiger partial charge in [0.15, 0.2) is 0 Å². The Morgan fingerprint density at radius 2 is 2.13 bits per heavy atom. The summed E-state index contributed by atoms with van der Waals surface area (Å²) in [5, 5.41) is 0.799. The largest absolute Gasteiger partial charge is 0.496 e. The third-order valence-electron chi connectivity index (χ3n) is 2.18. The van der Waals surface area contributed by atoms with Gasteiger partial charge in [-0.2, -0.15) is 0 Å². The highest BCUT2D eigenvalue weighted by Gasteiger charge is 2.15. The Morgan fingerprint density at radius 1 is 1.40 bits per heavy atom. The summed E-state index contributed by atoms with van der Waals surface area (Å²) in [7, 11) is 1.50. The zero-order chi connectivity index (χ0) is 11.3. The van der Waals surface area contributed by atoms with Crippen LogP contribution in [0.5, 0.6) is 5.75 Å².